The van der Waals surface area contributed by atoms with E-state index in [1.165, 1.54) is 6.42 Å². The van der Waals surface area contributed by atoms with Crippen LogP contribution < -0.4 is 10.1 Å². The molecular weight excluding hydrogens is 372 g/mol. The molecule has 1 aromatic carbocycles. The van der Waals surface area contributed by atoms with Crippen LogP contribution in [0.5, 0.6) is 5.75 Å². The number of benzene rings is 1. The van der Waals surface area contributed by atoms with Crippen molar-refractivity contribution in [2.24, 2.45) is 0 Å². The summed E-state index contributed by atoms with van der Waals surface area (Å²) in [6, 6.07) is 9.73. The van der Waals surface area contributed by atoms with Crippen molar-refractivity contribution in [2.75, 3.05) is 18.5 Å². The first-order valence-corrected chi connectivity index (χ1v) is 11.0. The number of ether oxygens (including phenoxy) is 1. The van der Waals surface area contributed by atoms with Crippen LogP contribution in [-0.2, 0) is 10.2 Å². The normalized spacial score (nSPS) is 22.9. The Balaban J connectivity index is 1.41. The van der Waals surface area contributed by atoms with Gasteiger partial charge in [-0.05, 0) is 61.7 Å². The molecule has 0 radical (unpaired) electrons. The fraction of sp³-hybridized carbons (Fsp3) is 0.455. The van der Waals surface area contributed by atoms with E-state index < -0.39 is 5.41 Å². The summed E-state index contributed by atoms with van der Waals surface area (Å²) in [4.78, 5) is 29.3. The number of hydrogen-bond acceptors (Lipinski definition) is 4. The third kappa shape index (κ3) is 3.00. The zero-order chi connectivity index (χ0) is 19.1. The number of nitrogens with one attached hydrogen (secondary N) is 1. The zero-order valence-corrected chi connectivity index (χ0v) is 16.6. The minimum absolute atomic E-state index is 0.0185. The molecule has 1 atom stereocenters. The highest BCUT2D eigenvalue weighted by atomic mass is 32.1. The predicted molar refractivity (Wildman–Crippen MR) is 109 cm³/mol. The second-order valence-electron chi connectivity index (χ2n) is 8.01. The van der Waals surface area contributed by atoms with Crippen molar-refractivity contribution in [1.82, 2.24) is 4.90 Å². The first-order valence-electron chi connectivity index (χ1n) is 10.1. The van der Waals surface area contributed by atoms with Gasteiger partial charge in [0.15, 0.2) is 0 Å². The van der Waals surface area contributed by atoms with Gasteiger partial charge < -0.3 is 15.0 Å². The smallest absolute Gasteiger partial charge is 0.257 e. The number of fused-ring (bicyclic) bond motifs is 2. The summed E-state index contributed by atoms with van der Waals surface area (Å²) >= 11 is 1.63. The van der Waals surface area contributed by atoms with Crippen molar-refractivity contribution in [3.05, 3.63) is 46.2 Å². The maximum Gasteiger partial charge on any atom is 0.257 e. The molecule has 1 aromatic heterocycles. The molecular formula is C22H24N2O3S. The molecule has 0 bridgehead atoms. The number of hydrogen-bond donors (Lipinski definition) is 1. The first-order chi connectivity index (χ1) is 13.7. The van der Waals surface area contributed by atoms with Gasteiger partial charge >= 0.3 is 0 Å². The van der Waals surface area contributed by atoms with Crippen LogP contribution in [0.25, 0.3) is 0 Å². The van der Waals surface area contributed by atoms with E-state index in [0.717, 1.165) is 43.5 Å². The fourth-order valence-corrected chi connectivity index (χ4v) is 5.42. The lowest BCUT2D eigenvalue weighted by molar-refractivity contribution is -0.118. The molecule has 2 amide bonds. The molecule has 2 fully saturated rings. The highest BCUT2D eigenvalue weighted by Crippen LogP contribution is 2.50. The van der Waals surface area contributed by atoms with Gasteiger partial charge in [-0.25, -0.2) is 0 Å². The van der Waals surface area contributed by atoms with Crippen molar-refractivity contribution >= 4 is 28.8 Å². The summed E-state index contributed by atoms with van der Waals surface area (Å²) in [6.45, 7) is 1.43. The van der Waals surface area contributed by atoms with Gasteiger partial charge in [-0.15, -0.1) is 11.3 Å². The molecule has 1 unspecified atom stereocenters. The molecule has 28 heavy (non-hydrogen) atoms. The quantitative estimate of drug-likeness (QED) is 0.846. The number of amides is 2. The van der Waals surface area contributed by atoms with Crippen molar-refractivity contribution in [3.63, 3.8) is 0 Å². The van der Waals surface area contributed by atoms with Crippen molar-refractivity contribution in [1.29, 1.82) is 0 Å². The molecule has 5 nitrogen and oxygen atoms in total. The van der Waals surface area contributed by atoms with Gasteiger partial charge in [0.2, 0.25) is 5.91 Å². The maximum absolute atomic E-state index is 13.2. The van der Waals surface area contributed by atoms with E-state index in [1.54, 1.807) is 17.4 Å². The SMILES string of the molecule is O=C1c2cc(NC(=O)C3(c4cccs4)CC3)ccc2OCCC2CCCCN12. The molecule has 5 rings (SSSR count). The standard InChI is InChI=1S/C22H24N2O3S/c25-20-17-14-15(23-21(26)22(9-10-22)19-5-3-13-28-19)6-7-18(17)27-12-8-16-4-1-2-11-24(16)20/h3,5-7,13-14,16H,1-2,4,8-12H2,(H,23,26). The van der Waals surface area contributed by atoms with Crippen molar-refractivity contribution in [3.8, 4) is 5.75 Å². The number of nitrogens with zero attached hydrogens (tertiary/aromatic N) is 1. The van der Waals surface area contributed by atoms with Crippen molar-refractivity contribution in [2.45, 2.75) is 50.0 Å². The van der Waals surface area contributed by atoms with Gasteiger partial charge in [0.25, 0.3) is 5.91 Å². The number of carbonyl (C=O) groups is 2. The average molecular weight is 397 g/mol. The highest BCUT2D eigenvalue weighted by Gasteiger charge is 2.52. The number of carbonyl (C=O) groups excluding carboxylic acids is 2. The molecule has 6 heteroatoms. The Morgan fingerprint density at radius 2 is 2.11 bits per heavy atom. The molecule has 1 saturated carbocycles. The van der Waals surface area contributed by atoms with E-state index in [4.69, 9.17) is 4.74 Å². The fourth-order valence-electron chi connectivity index (χ4n) is 4.44. The van der Waals surface area contributed by atoms with Gasteiger partial charge in [0, 0.05) is 29.6 Å². The summed E-state index contributed by atoms with van der Waals surface area (Å²) in [6.07, 6.45) is 5.90. The molecule has 146 valence electrons. The third-order valence-electron chi connectivity index (χ3n) is 6.24. The molecule has 3 aliphatic rings. The van der Waals surface area contributed by atoms with Crippen LogP contribution in [0.3, 0.4) is 0 Å². The predicted octanol–water partition coefficient (Wildman–Crippen LogP) is 4.20. The highest BCUT2D eigenvalue weighted by molar-refractivity contribution is 7.10. The van der Waals surface area contributed by atoms with Crippen LogP contribution in [0.1, 0.15) is 53.8 Å². The summed E-state index contributed by atoms with van der Waals surface area (Å²) in [5.41, 5.74) is 0.833. The van der Waals surface area contributed by atoms with Crippen LogP contribution in [0.4, 0.5) is 5.69 Å². The number of anilines is 1. The molecule has 1 N–H and O–H groups in total. The summed E-state index contributed by atoms with van der Waals surface area (Å²) < 4.78 is 5.89. The number of rotatable bonds is 3. The Morgan fingerprint density at radius 1 is 1.21 bits per heavy atom. The van der Waals surface area contributed by atoms with Gasteiger partial charge in [0.05, 0.1) is 17.6 Å². The first kappa shape index (κ1) is 17.7. The Bertz CT molecular complexity index is 905. The van der Waals surface area contributed by atoms with Crippen molar-refractivity contribution < 1.29 is 14.3 Å². The Hall–Kier alpha value is -2.34. The molecule has 0 spiro atoms. The minimum atomic E-state index is -0.392. The number of piperidine rings is 1. The van der Waals surface area contributed by atoms with E-state index in [2.05, 4.69) is 5.32 Å². The van der Waals surface area contributed by atoms with Crippen LogP contribution in [0.2, 0.25) is 0 Å². The average Bonchev–Trinajstić information content (AvgIpc) is 3.34. The second-order valence-corrected chi connectivity index (χ2v) is 8.96. The van der Waals surface area contributed by atoms with Crippen LogP contribution in [0.15, 0.2) is 35.7 Å². The number of thiophene rings is 1. The summed E-state index contributed by atoms with van der Waals surface area (Å²) in [5, 5.41) is 5.07. The van der Waals surface area contributed by atoms with E-state index in [0.29, 0.717) is 23.6 Å². The molecule has 3 heterocycles. The van der Waals surface area contributed by atoms with E-state index in [9.17, 15) is 9.59 Å². The van der Waals surface area contributed by atoms with Crippen LogP contribution in [0, 0.1) is 0 Å². The maximum atomic E-state index is 13.2. The molecule has 1 saturated heterocycles. The topological polar surface area (TPSA) is 58.6 Å². The summed E-state index contributed by atoms with van der Waals surface area (Å²) in [5.74, 6) is 0.659. The lowest BCUT2D eigenvalue weighted by Crippen LogP contribution is -2.45. The second kappa shape index (κ2) is 6.92. The van der Waals surface area contributed by atoms with E-state index in [1.807, 2.05) is 34.5 Å². The van der Waals surface area contributed by atoms with Crippen LogP contribution in [-0.4, -0.2) is 35.9 Å². The van der Waals surface area contributed by atoms with E-state index >= 15 is 0 Å². The molecule has 2 aromatic rings. The Morgan fingerprint density at radius 3 is 2.89 bits per heavy atom. The van der Waals surface area contributed by atoms with E-state index in [-0.39, 0.29) is 17.9 Å². The molecule has 2 aliphatic heterocycles. The molecule has 1 aliphatic carbocycles. The van der Waals surface area contributed by atoms with Gasteiger partial charge in [-0.3, -0.25) is 9.59 Å². The minimum Gasteiger partial charge on any atom is -0.493 e. The Kier molecular flexibility index (Phi) is 4.38. The third-order valence-corrected chi connectivity index (χ3v) is 7.32. The van der Waals surface area contributed by atoms with Gasteiger partial charge in [0.1, 0.15) is 5.75 Å². The van der Waals surface area contributed by atoms with Gasteiger partial charge in [-0.2, -0.15) is 0 Å². The Labute approximate surface area is 168 Å². The van der Waals surface area contributed by atoms with Crippen LogP contribution >= 0.6 is 11.3 Å². The summed E-state index contributed by atoms with van der Waals surface area (Å²) in [7, 11) is 0. The largest absolute Gasteiger partial charge is 0.493 e. The zero-order valence-electron chi connectivity index (χ0n) is 15.8. The lowest BCUT2D eigenvalue weighted by Gasteiger charge is -2.37. The van der Waals surface area contributed by atoms with Gasteiger partial charge in [-0.1, -0.05) is 6.07 Å². The lowest BCUT2D eigenvalue weighted by atomic mass is 9.97. The monoisotopic (exact) mass is 396 g/mol.